The van der Waals surface area contributed by atoms with Crippen LogP contribution in [0.4, 0.5) is 0 Å². The van der Waals surface area contributed by atoms with E-state index in [9.17, 15) is 18.0 Å². The lowest BCUT2D eigenvalue weighted by Gasteiger charge is -2.20. The van der Waals surface area contributed by atoms with Crippen LogP contribution in [0.3, 0.4) is 0 Å². The van der Waals surface area contributed by atoms with Crippen LogP contribution in [0, 0.1) is 0 Å². The second-order valence-corrected chi connectivity index (χ2v) is 6.74. The van der Waals surface area contributed by atoms with Gasteiger partial charge in [-0.1, -0.05) is 13.0 Å². The Labute approximate surface area is 124 Å². The number of carbonyl (C=O) groups is 2. The van der Waals surface area contributed by atoms with Crippen molar-refractivity contribution in [2.45, 2.75) is 25.2 Å². The zero-order chi connectivity index (χ0) is 16.0. The van der Waals surface area contributed by atoms with Crippen LogP contribution >= 0.6 is 0 Å². The highest BCUT2D eigenvalue weighted by molar-refractivity contribution is 7.91. The molecule has 0 saturated carbocycles. The van der Waals surface area contributed by atoms with Gasteiger partial charge < -0.3 is 10.0 Å². The Kier molecular flexibility index (Phi) is 5.90. The topological polar surface area (TPSA) is 91.8 Å². The van der Waals surface area contributed by atoms with Crippen LogP contribution in [0.5, 0.6) is 0 Å². The largest absolute Gasteiger partial charge is 0.481 e. The molecule has 6 nitrogen and oxygen atoms in total. The molecule has 1 rings (SSSR count). The van der Waals surface area contributed by atoms with Crippen LogP contribution in [-0.2, 0) is 14.6 Å². The highest BCUT2D eigenvalue weighted by Crippen LogP contribution is 2.15. The van der Waals surface area contributed by atoms with Crippen molar-refractivity contribution in [2.24, 2.45) is 0 Å². The van der Waals surface area contributed by atoms with Crippen molar-refractivity contribution in [1.29, 1.82) is 0 Å². The molecule has 1 amide bonds. The third-order valence-corrected chi connectivity index (χ3v) is 4.82. The van der Waals surface area contributed by atoms with Crippen LogP contribution < -0.4 is 0 Å². The molecule has 0 atom stereocenters. The first kappa shape index (κ1) is 17.2. The molecular formula is C14H19NO5S. The Morgan fingerprint density at radius 1 is 1.24 bits per heavy atom. The monoisotopic (exact) mass is 313 g/mol. The molecule has 0 bridgehead atoms. The average molecular weight is 313 g/mol. The summed E-state index contributed by atoms with van der Waals surface area (Å²) in [6.07, 6.45) is -0.146. The van der Waals surface area contributed by atoms with Crippen molar-refractivity contribution in [3.63, 3.8) is 0 Å². The lowest BCUT2D eigenvalue weighted by Crippen LogP contribution is -2.32. The maximum absolute atomic E-state index is 12.3. The van der Waals surface area contributed by atoms with Crippen molar-refractivity contribution in [1.82, 2.24) is 4.90 Å². The van der Waals surface area contributed by atoms with E-state index in [1.54, 1.807) is 6.92 Å². The van der Waals surface area contributed by atoms with Crippen molar-refractivity contribution in [3.05, 3.63) is 29.8 Å². The molecular weight excluding hydrogens is 294 g/mol. The first-order valence-corrected chi connectivity index (χ1v) is 8.31. The van der Waals surface area contributed by atoms with E-state index in [1.807, 2.05) is 0 Å². The number of sulfone groups is 1. The second kappa shape index (κ2) is 7.21. The molecule has 0 aromatic heterocycles. The van der Waals surface area contributed by atoms with Crippen LogP contribution in [0.15, 0.2) is 29.2 Å². The van der Waals surface area contributed by atoms with Crippen molar-refractivity contribution < 1.29 is 23.1 Å². The summed E-state index contributed by atoms with van der Waals surface area (Å²) < 4.78 is 23.7. The minimum Gasteiger partial charge on any atom is -0.481 e. The molecule has 0 heterocycles. The molecule has 21 heavy (non-hydrogen) atoms. The minimum atomic E-state index is -3.38. The number of hydrogen-bond acceptors (Lipinski definition) is 4. The molecule has 116 valence electrons. The smallest absolute Gasteiger partial charge is 0.305 e. The number of carbonyl (C=O) groups excluding carboxylic acids is 1. The summed E-state index contributed by atoms with van der Waals surface area (Å²) in [5.74, 6) is -1.39. The predicted molar refractivity (Wildman–Crippen MR) is 78.0 cm³/mol. The first-order chi connectivity index (χ1) is 9.81. The highest BCUT2D eigenvalue weighted by atomic mass is 32.2. The number of amides is 1. The van der Waals surface area contributed by atoms with Crippen LogP contribution in [0.25, 0.3) is 0 Å². The van der Waals surface area contributed by atoms with Crippen molar-refractivity contribution >= 4 is 21.7 Å². The summed E-state index contributed by atoms with van der Waals surface area (Å²) in [6, 6.07) is 5.83. The number of rotatable bonds is 7. The quantitative estimate of drug-likeness (QED) is 0.822. The SMILES string of the molecule is CCN(CCC(=O)O)C(=O)c1cccc(S(=O)(=O)CC)c1. The van der Waals surface area contributed by atoms with E-state index in [-0.39, 0.29) is 35.1 Å². The normalized spacial score (nSPS) is 11.1. The summed E-state index contributed by atoms with van der Waals surface area (Å²) in [4.78, 5) is 24.4. The second-order valence-electron chi connectivity index (χ2n) is 4.46. The van der Waals surface area contributed by atoms with Gasteiger partial charge in [0.15, 0.2) is 9.84 Å². The molecule has 1 aromatic rings. The molecule has 0 aliphatic heterocycles. The van der Waals surface area contributed by atoms with Gasteiger partial charge in [0.1, 0.15) is 0 Å². The van der Waals surface area contributed by atoms with Gasteiger partial charge >= 0.3 is 5.97 Å². The minimum absolute atomic E-state index is 0.0405. The number of benzene rings is 1. The van der Waals surface area contributed by atoms with Gasteiger partial charge in [-0.2, -0.15) is 0 Å². The third-order valence-electron chi connectivity index (χ3n) is 3.08. The summed E-state index contributed by atoms with van der Waals surface area (Å²) in [6.45, 7) is 3.73. The van der Waals surface area contributed by atoms with Gasteiger partial charge in [0.2, 0.25) is 0 Å². The Morgan fingerprint density at radius 3 is 2.43 bits per heavy atom. The maximum Gasteiger partial charge on any atom is 0.305 e. The molecule has 1 aromatic carbocycles. The summed E-state index contributed by atoms with van der Waals surface area (Å²) in [7, 11) is -3.38. The van der Waals surface area contributed by atoms with Gasteiger partial charge in [-0.05, 0) is 25.1 Å². The van der Waals surface area contributed by atoms with Gasteiger partial charge in [0.05, 0.1) is 17.1 Å². The molecule has 0 radical (unpaired) electrons. The zero-order valence-corrected chi connectivity index (χ0v) is 12.9. The van der Waals surface area contributed by atoms with Gasteiger partial charge in [-0.15, -0.1) is 0 Å². The molecule has 0 spiro atoms. The predicted octanol–water partition coefficient (Wildman–Crippen LogP) is 1.42. The number of nitrogens with zero attached hydrogens (tertiary/aromatic N) is 1. The summed E-state index contributed by atoms with van der Waals surface area (Å²) in [5, 5.41) is 8.68. The van der Waals surface area contributed by atoms with E-state index in [0.29, 0.717) is 6.54 Å². The fourth-order valence-corrected chi connectivity index (χ4v) is 2.73. The lowest BCUT2D eigenvalue weighted by atomic mass is 10.2. The van der Waals surface area contributed by atoms with Crippen molar-refractivity contribution in [2.75, 3.05) is 18.8 Å². The van der Waals surface area contributed by atoms with Gasteiger partial charge in [0, 0.05) is 18.7 Å². The Balaban J connectivity index is 3.01. The molecule has 0 fully saturated rings. The van der Waals surface area contributed by atoms with Crippen LogP contribution in [0.1, 0.15) is 30.6 Å². The van der Waals surface area contributed by atoms with Crippen molar-refractivity contribution in [3.8, 4) is 0 Å². The fraction of sp³-hybridized carbons (Fsp3) is 0.429. The molecule has 0 aliphatic carbocycles. The van der Waals surface area contributed by atoms with E-state index in [0.717, 1.165) is 0 Å². The Hall–Kier alpha value is -1.89. The first-order valence-electron chi connectivity index (χ1n) is 6.65. The van der Waals surface area contributed by atoms with E-state index >= 15 is 0 Å². The van der Waals surface area contributed by atoms with Gasteiger partial charge in [-0.25, -0.2) is 8.42 Å². The standard InChI is InChI=1S/C14H19NO5S/c1-3-15(9-8-13(16)17)14(18)11-6-5-7-12(10-11)21(19,20)4-2/h5-7,10H,3-4,8-9H2,1-2H3,(H,16,17). The average Bonchev–Trinajstić information content (AvgIpc) is 2.47. The van der Waals surface area contributed by atoms with E-state index in [2.05, 4.69) is 0 Å². The lowest BCUT2D eigenvalue weighted by molar-refractivity contribution is -0.137. The molecule has 0 unspecified atom stereocenters. The fourth-order valence-electron chi connectivity index (χ4n) is 1.81. The summed E-state index contributed by atoms with van der Waals surface area (Å²) >= 11 is 0. The number of hydrogen-bond donors (Lipinski definition) is 1. The molecule has 0 aliphatic rings. The Bertz CT molecular complexity index is 624. The van der Waals surface area contributed by atoms with Crippen LogP contribution in [0.2, 0.25) is 0 Å². The maximum atomic E-state index is 12.3. The number of carboxylic acid groups (broad SMARTS) is 1. The number of carboxylic acids is 1. The van der Waals surface area contributed by atoms with Gasteiger partial charge in [0.25, 0.3) is 5.91 Å². The van der Waals surface area contributed by atoms with E-state index in [1.165, 1.54) is 36.1 Å². The molecule has 0 saturated heterocycles. The zero-order valence-electron chi connectivity index (χ0n) is 12.1. The van der Waals surface area contributed by atoms with Crippen LogP contribution in [-0.4, -0.2) is 49.1 Å². The Morgan fingerprint density at radius 2 is 1.90 bits per heavy atom. The highest BCUT2D eigenvalue weighted by Gasteiger charge is 2.18. The third kappa shape index (κ3) is 4.56. The van der Waals surface area contributed by atoms with Gasteiger partial charge in [-0.3, -0.25) is 9.59 Å². The molecule has 1 N–H and O–H groups in total. The summed E-state index contributed by atoms with van der Waals surface area (Å²) in [5.41, 5.74) is 0.247. The van der Waals surface area contributed by atoms with E-state index in [4.69, 9.17) is 5.11 Å². The number of aliphatic carboxylic acids is 1. The molecule has 7 heteroatoms. The van der Waals surface area contributed by atoms with E-state index < -0.39 is 15.8 Å².